The lowest BCUT2D eigenvalue weighted by Gasteiger charge is -2.28. The van der Waals surface area contributed by atoms with Crippen molar-refractivity contribution in [3.8, 4) is 0 Å². The molecule has 1 aromatic rings. The van der Waals surface area contributed by atoms with Crippen LogP contribution in [0.25, 0.3) is 0 Å². The number of ether oxygens (including phenoxy) is 1. The number of aliphatic imine (C=N–C) groups is 1. The molecular formula is C14H17BrN2O3S. The first kappa shape index (κ1) is 16.2. The molecule has 7 heteroatoms. The van der Waals surface area contributed by atoms with Crippen LogP contribution in [0, 0.1) is 5.92 Å². The van der Waals surface area contributed by atoms with Gasteiger partial charge in [0.15, 0.2) is 0 Å². The zero-order valence-corrected chi connectivity index (χ0v) is 14.3. The van der Waals surface area contributed by atoms with Crippen molar-refractivity contribution in [1.82, 2.24) is 5.32 Å². The topological polar surface area (TPSA) is 67.8 Å². The molecule has 0 radical (unpaired) electrons. The van der Waals surface area contributed by atoms with Gasteiger partial charge in [-0.15, -0.1) is 11.3 Å². The number of nitrogens with one attached hydrogen (secondary N) is 1. The zero-order valence-electron chi connectivity index (χ0n) is 11.9. The summed E-state index contributed by atoms with van der Waals surface area (Å²) in [6, 6.07) is 2.96. The highest BCUT2D eigenvalue weighted by molar-refractivity contribution is 9.11. The molecule has 2 heterocycles. The molecule has 114 valence electrons. The second-order valence-electron chi connectivity index (χ2n) is 4.82. The Kier molecular flexibility index (Phi) is 5.52. The Labute approximate surface area is 135 Å². The van der Waals surface area contributed by atoms with Gasteiger partial charge in [-0.25, -0.2) is 9.79 Å². The van der Waals surface area contributed by atoms with Crippen LogP contribution in [-0.2, 0) is 9.53 Å². The molecule has 0 saturated carbocycles. The van der Waals surface area contributed by atoms with Crippen molar-refractivity contribution < 1.29 is 14.3 Å². The normalized spacial score (nSPS) is 21.7. The number of thiophene rings is 1. The maximum absolute atomic E-state index is 12.3. The molecule has 0 aromatic carbocycles. The Hall–Kier alpha value is -1.21. The molecule has 2 unspecified atom stereocenters. The fraction of sp³-hybridized carbons (Fsp3) is 0.500. The molecular weight excluding hydrogens is 356 g/mol. The average Bonchev–Trinajstić information content (AvgIpc) is 2.84. The number of hydrogen-bond acceptors (Lipinski definition) is 4. The Morgan fingerprint density at radius 1 is 1.52 bits per heavy atom. The summed E-state index contributed by atoms with van der Waals surface area (Å²) < 4.78 is 6.26. The number of nitrogens with zero attached hydrogens (tertiary/aromatic N) is 1. The molecule has 2 rings (SSSR count). The first-order valence-electron chi connectivity index (χ1n) is 6.80. The van der Waals surface area contributed by atoms with Crippen molar-refractivity contribution in [2.24, 2.45) is 10.9 Å². The van der Waals surface area contributed by atoms with Crippen molar-refractivity contribution in [2.45, 2.75) is 32.7 Å². The van der Waals surface area contributed by atoms with E-state index in [4.69, 9.17) is 4.74 Å². The summed E-state index contributed by atoms with van der Waals surface area (Å²) in [6.45, 7) is 4.13. The molecule has 1 N–H and O–H groups in total. The Balaban J connectivity index is 2.22. The number of halogens is 1. The molecule has 0 aliphatic carbocycles. The quantitative estimate of drug-likeness (QED) is 0.632. The van der Waals surface area contributed by atoms with Crippen LogP contribution in [0.1, 0.15) is 37.6 Å². The Bertz CT molecular complexity index is 570. The van der Waals surface area contributed by atoms with Crippen LogP contribution in [0.15, 0.2) is 20.9 Å². The third-order valence-corrected chi connectivity index (χ3v) is 4.94. The minimum Gasteiger partial charge on any atom is -0.465 e. The number of rotatable bonds is 5. The second-order valence-corrected chi connectivity index (χ2v) is 7.32. The van der Waals surface area contributed by atoms with Gasteiger partial charge in [-0.05, 0) is 41.4 Å². The molecule has 1 aliphatic heterocycles. The minimum atomic E-state index is -0.565. The van der Waals surface area contributed by atoms with E-state index in [1.807, 2.05) is 19.1 Å². The summed E-state index contributed by atoms with van der Waals surface area (Å²) in [5.41, 5.74) is 0.495. The van der Waals surface area contributed by atoms with E-state index in [0.717, 1.165) is 21.5 Å². The average molecular weight is 373 g/mol. The predicted octanol–water partition coefficient (Wildman–Crippen LogP) is 3.70. The second kappa shape index (κ2) is 7.17. The van der Waals surface area contributed by atoms with Gasteiger partial charge in [0.1, 0.15) is 5.92 Å². The summed E-state index contributed by atoms with van der Waals surface area (Å²) in [5, 5.41) is 2.76. The molecule has 0 spiro atoms. The van der Waals surface area contributed by atoms with E-state index in [0.29, 0.717) is 12.3 Å². The molecule has 21 heavy (non-hydrogen) atoms. The molecule has 0 bridgehead atoms. The number of esters is 1. The zero-order chi connectivity index (χ0) is 15.4. The minimum absolute atomic E-state index is 0.334. The van der Waals surface area contributed by atoms with Gasteiger partial charge in [0, 0.05) is 10.6 Å². The van der Waals surface area contributed by atoms with Gasteiger partial charge >= 0.3 is 12.0 Å². The van der Waals surface area contributed by atoms with Crippen molar-refractivity contribution in [2.75, 3.05) is 6.61 Å². The summed E-state index contributed by atoms with van der Waals surface area (Å²) in [7, 11) is 0. The smallest absolute Gasteiger partial charge is 0.341 e. The molecule has 2 amide bonds. The predicted molar refractivity (Wildman–Crippen MR) is 85.8 cm³/mol. The van der Waals surface area contributed by atoms with E-state index in [2.05, 4.69) is 26.2 Å². The van der Waals surface area contributed by atoms with Gasteiger partial charge in [0.25, 0.3) is 0 Å². The summed E-state index contributed by atoms with van der Waals surface area (Å²) in [6.07, 6.45) is 1.79. The monoisotopic (exact) mass is 372 g/mol. The van der Waals surface area contributed by atoms with Crippen LogP contribution < -0.4 is 5.32 Å². The highest BCUT2D eigenvalue weighted by Gasteiger charge is 2.38. The first-order valence-corrected chi connectivity index (χ1v) is 8.41. The molecule has 0 fully saturated rings. The van der Waals surface area contributed by atoms with E-state index in [-0.39, 0.29) is 5.97 Å². The van der Waals surface area contributed by atoms with Crippen LogP contribution >= 0.6 is 27.3 Å². The number of carbonyl (C=O) groups excluding carboxylic acids is 2. The molecule has 0 saturated heterocycles. The summed E-state index contributed by atoms with van der Waals surface area (Å²) >= 11 is 4.88. The fourth-order valence-corrected chi connectivity index (χ4v) is 3.68. The molecule has 1 aromatic heterocycles. The summed E-state index contributed by atoms with van der Waals surface area (Å²) in [5.74, 6) is -0.899. The molecule has 1 aliphatic rings. The van der Waals surface area contributed by atoms with E-state index in [1.165, 1.54) is 11.3 Å². The SMILES string of the molecule is CCCCOC(=O)C1C(C)=NC(=O)NC1c1ccc(Br)s1. The van der Waals surface area contributed by atoms with Crippen LogP contribution in [-0.4, -0.2) is 24.3 Å². The first-order chi connectivity index (χ1) is 10.0. The van der Waals surface area contributed by atoms with Crippen molar-refractivity contribution >= 4 is 45.0 Å². The van der Waals surface area contributed by atoms with Gasteiger partial charge in [0.2, 0.25) is 0 Å². The van der Waals surface area contributed by atoms with Crippen molar-refractivity contribution in [3.05, 3.63) is 20.8 Å². The van der Waals surface area contributed by atoms with Gasteiger partial charge in [-0.1, -0.05) is 13.3 Å². The van der Waals surface area contributed by atoms with Crippen molar-refractivity contribution in [1.29, 1.82) is 0 Å². The van der Waals surface area contributed by atoms with E-state index in [1.54, 1.807) is 6.92 Å². The lowest BCUT2D eigenvalue weighted by Crippen LogP contribution is -2.44. The van der Waals surface area contributed by atoms with Gasteiger partial charge in [0.05, 0.1) is 16.4 Å². The Morgan fingerprint density at radius 2 is 2.29 bits per heavy atom. The van der Waals surface area contributed by atoms with E-state index in [9.17, 15) is 9.59 Å². The van der Waals surface area contributed by atoms with E-state index < -0.39 is 18.0 Å². The van der Waals surface area contributed by atoms with Gasteiger partial charge in [-0.3, -0.25) is 4.79 Å². The standard InChI is InChI=1S/C14H17BrN2O3S/c1-3-4-7-20-13(18)11-8(2)16-14(19)17-12(11)9-5-6-10(15)21-9/h5-6,11-12H,3-4,7H2,1-2H3,(H,17,19). The number of amides is 2. The van der Waals surface area contributed by atoms with Crippen LogP contribution in [0.5, 0.6) is 0 Å². The van der Waals surface area contributed by atoms with E-state index >= 15 is 0 Å². The summed E-state index contributed by atoms with van der Waals surface area (Å²) in [4.78, 5) is 28.7. The highest BCUT2D eigenvalue weighted by atomic mass is 79.9. The van der Waals surface area contributed by atoms with Gasteiger partial charge in [-0.2, -0.15) is 0 Å². The van der Waals surface area contributed by atoms with Gasteiger partial charge < -0.3 is 10.1 Å². The lowest BCUT2D eigenvalue weighted by atomic mass is 9.92. The third-order valence-electron chi connectivity index (χ3n) is 3.24. The number of unbranched alkanes of at least 4 members (excludes halogenated alkanes) is 1. The largest absolute Gasteiger partial charge is 0.465 e. The van der Waals surface area contributed by atoms with Crippen LogP contribution in [0.4, 0.5) is 4.79 Å². The lowest BCUT2D eigenvalue weighted by molar-refractivity contribution is -0.147. The number of carbonyl (C=O) groups is 2. The Morgan fingerprint density at radius 3 is 2.90 bits per heavy atom. The van der Waals surface area contributed by atoms with Crippen LogP contribution in [0.2, 0.25) is 0 Å². The number of urea groups is 1. The van der Waals surface area contributed by atoms with Crippen molar-refractivity contribution in [3.63, 3.8) is 0 Å². The maximum atomic E-state index is 12.3. The fourth-order valence-electron chi connectivity index (χ4n) is 2.16. The molecule has 2 atom stereocenters. The number of hydrogen-bond donors (Lipinski definition) is 1. The highest BCUT2D eigenvalue weighted by Crippen LogP contribution is 2.34. The third kappa shape index (κ3) is 3.91. The van der Waals surface area contributed by atoms with Crippen LogP contribution in [0.3, 0.4) is 0 Å². The molecule has 5 nitrogen and oxygen atoms in total. The maximum Gasteiger partial charge on any atom is 0.341 e.